The molecule has 0 saturated heterocycles. The Morgan fingerprint density at radius 1 is 1.37 bits per heavy atom. The quantitative estimate of drug-likeness (QED) is 0.871. The lowest BCUT2D eigenvalue weighted by molar-refractivity contribution is -0.116. The second-order valence-corrected chi connectivity index (χ2v) is 5.67. The molecule has 1 aromatic carbocycles. The molecular weight excluding hydrogens is 236 g/mol. The van der Waals surface area contributed by atoms with Gasteiger partial charge in [-0.05, 0) is 42.4 Å². The van der Waals surface area contributed by atoms with Gasteiger partial charge in [0, 0.05) is 18.2 Å². The Kier molecular flexibility index (Phi) is 4.59. The maximum absolute atomic E-state index is 11.5. The Bertz CT molecular complexity index is 456. The highest BCUT2D eigenvalue weighted by Crippen LogP contribution is 2.27. The van der Waals surface area contributed by atoms with E-state index in [9.17, 15) is 4.79 Å². The van der Waals surface area contributed by atoms with Crippen LogP contribution in [-0.2, 0) is 11.2 Å². The summed E-state index contributed by atoms with van der Waals surface area (Å²) in [5.41, 5.74) is 9.66. The number of benzene rings is 1. The maximum atomic E-state index is 11.5. The van der Waals surface area contributed by atoms with Crippen molar-refractivity contribution in [2.75, 3.05) is 5.32 Å². The molecule has 3 heteroatoms. The molecular formula is C16H24N2O. The summed E-state index contributed by atoms with van der Waals surface area (Å²) in [5.74, 6) is 0.768. The summed E-state index contributed by atoms with van der Waals surface area (Å²) in [4.78, 5) is 11.5. The molecule has 19 heavy (non-hydrogen) atoms. The third-order valence-corrected chi connectivity index (χ3v) is 4.03. The van der Waals surface area contributed by atoms with Gasteiger partial charge in [-0.25, -0.2) is 0 Å². The molecule has 2 rings (SSSR count). The number of nitrogens with two attached hydrogens (primary N) is 1. The zero-order valence-corrected chi connectivity index (χ0v) is 11.9. The molecule has 1 aromatic rings. The molecule has 0 fully saturated rings. The summed E-state index contributed by atoms with van der Waals surface area (Å²) >= 11 is 0. The average molecular weight is 260 g/mol. The lowest BCUT2D eigenvalue weighted by atomic mass is 9.93. The third-order valence-electron chi connectivity index (χ3n) is 4.03. The summed E-state index contributed by atoms with van der Waals surface area (Å²) in [7, 11) is 0. The Morgan fingerprint density at radius 2 is 2.16 bits per heavy atom. The first-order valence-electron chi connectivity index (χ1n) is 7.28. The van der Waals surface area contributed by atoms with Gasteiger partial charge in [0.1, 0.15) is 0 Å². The number of amides is 1. The number of rotatable bonds is 4. The van der Waals surface area contributed by atoms with Gasteiger partial charge < -0.3 is 11.1 Å². The highest BCUT2D eigenvalue weighted by Gasteiger charge is 2.16. The predicted octanol–water partition coefficient (Wildman–Crippen LogP) is 3.40. The van der Waals surface area contributed by atoms with Gasteiger partial charge in [0.05, 0.1) is 0 Å². The third kappa shape index (κ3) is 3.57. The molecule has 3 nitrogen and oxygen atoms in total. The van der Waals surface area contributed by atoms with Crippen molar-refractivity contribution in [1.82, 2.24) is 0 Å². The van der Waals surface area contributed by atoms with E-state index >= 15 is 0 Å². The highest BCUT2D eigenvalue weighted by atomic mass is 16.1. The van der Waals surface area contributed by atoms with Crippen molar-refractivity contribution < 1.29 is 4.79 Å². The Labute approximate surface area is 115 Å². The van der Waals surface area contributed by atoms with Gasteiger partial charge >= 0.3 is 0 Å². The lowest BCUT2D eigenvalue weighted by Gasteiger charge is -2.18. The minimum atomic E-state index is 0.0965. The largest absolute Gasteiger partial charge is 0.326 e. The average Bonchev–Trinajstić information content (AvgIpc) is 2.58. The van der Waals surface area contributed by atoms with Crippen LogP contribution in [0.5, 0.6) is 0 Å². The zero-order valence-electron chi connectivity index (χ0n) is 11.9. The molecule has 1 heterocycles. The molecule has 0 aromatic heterocycles. The minimum Gasteiger partial charge on any atom is -0.326 e. The number of hydrogen-bond donors (Lipinski definition) is 2. The molecule has 0 bridgehead atoms. The summed E-state index contributed by atoms with van der Waals surface area (Å²) < 4.78 is 0. The smallest absolute Gasteiger partial charge is 0.224 e. The lowest BCUT2D eigenvalue weighted by Crippen LogP contribution is -2.14. The van der Waals surface area contributed by atoms with Gasteiger partial charge in [-0.2, -0.15) is 0 Å². The molecule has 2 atom stereocenters. The second kappa shape index (κ2) is 6.20. The number of aryl methyl sites for hydroxylation is 1. The SMILES string of the molecule is CCC(C)CC(N)c1ccc2c(c1)CCCC(=O)N2. The van der Waals surface area contributed by atoms with Crippen LogP contribution in [0.4, 0.5) is 5.69 Å². The number of anilines is 1. The van der Waals surface area contributed by atoms with Crippen LogP contribution in [0, 0.1) is 5.92 Å². The first kappa shape index (κ1) is 14.1. The summed E-state index contributed by atoms with van der Waals surface area (Å²) in [6.45, 7) is 4.44. The topological polar surface area (TPSA) is 55.1 Å². The highest BCUT2D eigenvalue weighted by molar-refractivity contribution is 5.92. The zero-order chi connectivity index (χ0) is 13.8. The van der Waals surface area contributed by atoms with E-state index in [4.69, 9.17) is 5.73 Å². The number of fused-ring (bicyclic) bond motifs is 1. The van der Waals surface area contributed by atoms with E-state index < -0.39 is 0 Å². The second-order valence-electron chi connectivity index (χ2n) is 5.67. The number of carbonyl (C=O) groups is 1. The molecule has 0 spiro atoms. The minimum absolute atomic E-state index is 0.0965. The van der Waals surface area contributed by atoms with Crippen molar-refractivity contribution in [3.8, 4) is 0 Å². The van der Waals surface area contributed by atoms with E-state index in [2.05, 4.69) is 31.3 Å². The van der Waals surface area contributed by atoms with Crippen LogP contribution in [0.15, 0.2) is 18.2 Å². The van der Waals surface area contributed by atoms with Gasteiger partial charge in [-0.15, -0.1) is 0 Å². The Balaban J connectivity index is 2.16. The van der Waals surface area contributed by atoms with E-state index in [-0.39, 0.29) is 11.9 Å². The van der Waals surface area contributed by atoms with Crippen molar-refractivity contribution in [2.45, 2.75) is 52.0 Å². The number of hydrogen-bond acceptors (Lipinski definition) is 2. The van der Waals surface area contributed by atoms with Crippen molar-refractivity contribution in [3.05, 3.63) is 29.3 Å². The summed E-state index contributed by atoms with van der Waals surface area (Å²) in [6, 6.07) is 6.33. The fourth-order valence-corrected chi connectivity index (χ4v) is 2.56. The molecule has 0 radical (unpaired) electrons. The van der Waals surface area contributed by atoms with E-state index in [0.717, 1.165) is 31.4 Å². The van der Waals surface area contributed by atoms with Gasteiger partial charge in [0.2, 0.25) is 5.91 Å². The molecule has 104 valence electrons. The van der Waals surface area contributed by atoms with Gasteiger partial charge in [0.15, 0.2) is 0 Å². The van der Waals surface area contributed by atoms with E-state index in [1.54, 1.807) is 0 Å². The van der Waals surface area contributed by atoms with E-state index in [0.29, 0.717) is 12.3 Å². The van der Waals surface area contributed by atoms with Crippen molar-refractivity contribution in [2.24, 2.45) is 11.7 Å². The first-order chi connectivity index (χ1) is 9.10. The predicted molar refractivity (Wildman–Crippen MR) is 79.0 cm³/mol. The van der Waals surface area contributed by atoms with Crippen LogP contribution in [0.25, 0.3) is 0 Å². The molecule has 1 aliphatic rings. The standard InChI is InChI=1S/C16H24N2O/c1-3-11(2)9-14(17)12-7-8-15-13(10-12)5-4-6-16(19)18-15/h7-8,10-11,14H,3-6,9,17H2,1-2H3,(H,18,19). The van der Waals surface area contributed by atoms with Gasteiger partial charge in [-0.1, -0.05) is 32.4 Å². The Hall–Kier alpha value is -1.35. The summed E-state index contributed by atoms with van der Waals surface area (Å²) in [6.07, 6.45) is 4.67. The van der Waals surface area contributed by atoms with Crippen LogP contribution in [0.2, 0.25) is 0 Å². The van der Waals surface area contributed by atoms with Crippen LogP contribution in [0.3, 0.4) is 0 Å². The molecule has 0 saturated carbocycles. The van der Waals surface area contributed by atoms with Gasteiger partial charge in [-0.3, -0.25) is 4.79 Å². The number of nitrogens with one attached hydrogen (secondary N) is 1. The van der Waals surface area contributed by atoms with Crippen molar-refractivity contribution >= 4 is 11.6 Å². The van der Waals surface area contributed by atoms with Crippen LogP contribution in [-0.4, -0.2) is 5.91 Å². The first-order valence-corrected chi connectivity index (χ1v) is 7.28. The molecule has 2 unspecified atom stereocenters. The van der Waals surface area contributed by atoms with Crippen molar-refractivity contribution in [3.63, 3.8) is 0 Å². The van der Waals surface area contributed by atoms with E-state index in [1.807, 2.05) is 6.07 Å². The Morgan fingerprint density at radius 3 is 2.89 bits per heavy atom. The fraction of sp³-hybridized carbons (Fsp3) is 0.562. The van der Waals surface area contributed by atoms with Crippen LogP contribution in [0.1, 0.15) is 56.7 Å². The monoisotopic (exact) mass is 260 g/mol. The maximum Gasteiger partial charge on any atom is 0.224 e. The van der Waals surface area contributed by atoms with Crippen molar-refractivity contribution in [1.29, 1.82) is 0 Å². The normalized spacial score (nSPS) is 18.2. The van der Waals surface area contributed by atoms with E-state index in [1.165, 1.54) is 11.1 Å². The van der Waals surface area contributed by atoms with Gasteiger partial charge in [0.25, 0.3) is 0 Å². The van der Waals surface area contributed by atoms with Crippen LogP contribution >= 0.6 is 0 Å². The van der Waals surface area contributed by atoms with Crippen LogP contribution < -0.4 is 11.1 Å². The number of carbonyl (C=O) groups excluding carboxylic acids is 1. The molecule has 1 amide bonds. The summed E-state index contributed by atoms with van der Waals surface area (Å²) in [5, 5.41) is 2.96. The fourth-order valence-electron chi connectivity index (χ4n) is 2.56. The molecule has 3 N–H and O–H groups in total. The molecule has 1 aliphatic heterocycles. The molecule has 0 aliphatic carbocycles.